The second-order valence-electron chi connectivity index (χ2n) is 1.80. The molecule has 1 aliphatic carbocycles. The molecule has 0 heterocycles. The van der Waals surface area contributed by atoms with Gasteiger partial charge in [0, 0.05) is 0 Å². The van der Waals surface area contributed by atoms with Crippen molar-refractivity contribution in [2.45, 2.75) is 18.9 Å². The summed E-state index contributed by atoms with van der Waals surface area (Å²) in [6, 6.07) is 0. The van der Waals surface area contributed by atoms with Crippen molar-refractivity contribution in [1.29, 1.82) is 0 Å². The van der Waals surface area contributed by atoms with E-state index in [1.807, 2.05) is 12.2 Å². The molecule has 0 bridgehead atoms. The van der Waals surface area contributed by atoms with Gasteiger partial charge in [-0.05, 0) is 6.42 Å². The van der Waals surface area contributed by atoms with Gasteiger partial charge in [-0.1, -0.05) is 19.1 Å². The topological polar surface area (TPSA) is 26.0 Å². The van der Waals surface area contributed by atoms with Crippen LogP contribution in [-0.4, -0.2) is 5.54 Å². The lowest BCUT2D eigenvalue weighted by Crippen LogP contribution is -2.21. The van der Waals surface area contributed by atoms with Crippen LogP contribution < -0.4 is 5.73 Å². The summed E-state index contributed by atoms with van der Waals surface area (Å²) in [5, 5.41) is 0. The average Bonchev–Trinajstić information content (AvgIpc) is 2.22. The molecule has 0 aliphatic heterocycles. The van der Waals surface area contributed by atoms with E-state index in [1.54, 1.807) is 0 Å². The maximum absolute atomic E-state index is 5.53. The standard InChI is InChI=1S/C5H9N/c1-2-5(6)3-4-5/h3-4H,2,6H2,1H3. The van der Waals surface area contributed by atoms with Crippen molar-refractivity contribution >= 4 is 0 Å². The van der Waals surface area contributed by atoms with E-state index >= 15 is 0 Å². The summed E-state index contributed by atoms with van der Waals surface area (Å²) in [5.74, 6) is 0. The number of rotatable bonds is 1. The van der Waals surface area contributed by atoms with Gasteiger partial charge in [-0.3, -0.25) is 0 Å². The molecule has 0 aromatic rings. The SMILES string of the molecule is CCC1(N)C=C1. The van der Waals surface area contributed by atoms with E-state index in [1.165, 1.54) is 0 Å². The zero-order valence-electron chi connectivity index (χ0n) is 3.94. The quantitative estimate of drug-likeness (QED) is 0.463. The predicted molar refractivity (Wildman–Crippen MR) is 26.3 cm³/mol. The Hall–Kier alpha value is -0.300. The first-order valence-electron chi connectivity index (χ1n) is 2.26. The molecular formula is C5H9N. The molecular weight excluding hydrogens is 74.1 g/mol. The zero-order chi connectivity index (χ0) is 4.62. The van der Waals surface area contributed by atoms with Crippen LogP contribution in [0.1, 0.15) is 13.3 Å². The van der Waals surface area contributed by atoms with Crippen LogP contribution in [0.5, 0.6) is 0 Å². The minimum absolute atomic E-state index is 0.0417. The molecule has 2 N–H and O–H groups in total. The van der Waals surface area contributed by atoms with Crippen LogP contribution in [-0.2, 0) is 0 Å². The highest BCUT2D eigenvalue weighted by Gasteiger charge is 2.24. The van der Waals surface area contributed by atoms with Crippen molar-refractivity contribution in [3.63, 3.8) is 0 Å². The minimum Gasteiger partial charge on any atom is -0.319 e. The Morgan fingerprint density at radius 1 is 1.67 bits per heavy atom. The Morgan fingerprint density at radius 2 is 2.17 bits per heavy atom. The smallest absolute Gasteiger partial charge is 0.0523 e. The molecule has 1 heteroatoms. The van der Waals surface area contributed by atoms with Crippen LogP contribution in [0.25, 0.3) is 0 Å². The highest BCUT2D eigenvalue weighted by atomic mass is 14.8. The largest absolute Gasteiger partial charge is 0.319 e. The van der Waals surface area contributed by atoms with Gasteiger partial charge in [0.05, 0.1) is 5.54 Å². The first kappa shape index (κ1) is 3.88. The van der Waals surface area contributed by atoms with E-state index < -0.39 is 0 Å². The molecule has 1 rings (SSSR count). The molecule has 1 nitrogen and oxygen atoms in total. The van der Waals surface area contributed by atoms with E-state index in [0.29, 0.717) is 0 Å². The molecule has 0 aromatic heterocycles. The molecule has 6 heavy (non-hydrogen) atoms. The molecule has 0 spiro atoms. The Bertz CT molecular complexity index is 77.9. The van der Waals surface area contributed by atoms with Crippen LogP contribution in [0.15, 0.2) is 12.2 Å². The van der Waals surface area contributed by atoms with Gasteiger partial charge in [-0.15, -0.1) is 0 Å². The lowest BCUT2D eigenvalue weighted by atomic mass is 10.2. The molecule has 0 fully saturated rings. The molecule has 0 atom stereocenters. The third-order valence-electron chi connectivity index (χ3n) is 1.21. The molecule has 0 unspecified atom stereocenters. The molecule has 0 amide bonds. The lowest BCUT2D eigenvalue weighted by molar-refractivity contribution is 0.710. The van der Waals surface area contributed by atoms with Crippen LogP contribution in [0.4, 0.5) is 0 Å². The second kappa shape index (κ2) is 0.850. The number of nitrogens with two attached hydrogens (primary N) is 1. The fraction of sp³-hybridized carbons (Fsp3) is 0.600. The van der Waals surface area contributed by atoms with Gasteiger partial charge in [0.1, 0.15) is 0 Å². The predicted octanol–water partition coefficient (Wildman–Crippen LogP) is 0.664. The van der Waals surface area contributed by atoms with Crippen molar-refractivity contribution in [3.8, 4) is 0 Å². The van der Waals surface area contributed by atoms with Crippen molar-refractivity contribution in [2.24, 2.45) is 5.73 Å². The van der Waals surface area contributed by atoms with E-state index in [0.717, 1.165) is 6.42 Å². The Morgan fingerprint density at radius 3 is 2.17 bits per heavy atom. The Balaban J connectivity index is 2.32. The van der Waals surface area contributed by atoms with Gasteiger partial charge in [0.15, 0.2) is 0 Å². The zero-order valence-corrected chi connectivity index (χ0v) is 3.94. The fourth-order valence-electron chi connectivity index (χ4n) is 0.343. The molecule has 34 valence electrons. The monoisotopic (exact) mass is 83.1 g/mol. The maximum atomic E-state index is 5.53. The highest BCUT2D eigenvalue weighted by molar-refractivity contribution is 5.31. The Labute approximate surface area is 37.8 Å². The molecule has 0 saturated carbocycles. The summed E-state index contributed by atoms with van der Waals surface area (Å²) >= 11 is 0. The lowest BCUT2D eigenvalue weighted by Gasteiger charge is -1.99. The van der Waals surface area contributed by atoms with Crippen molar-refractivity contribution in [3.05, 3.63) is 12.2 Å². The second-order valence-corrected chi connectivity index (χ2v) is 1.80. The van der Waals surface area contributed by atoms with Crippen LogP contribution in [0.3, 0.4) is 0 Å². The van der Waals surface area contributed by atoms with E-state index in [4.69, 9.17) is 5.73 Å². The van der Waals surface area contributed by atoms with E-state index in [9.17, 15) is 0 Å². The average molecular weight is 83.1 g/mol. The fourth-order valence-corrected chi connectivity index (χ4v) is 0.343. The van der Waals surface area contributed by atoms with E-state index in [-0.39, 0.29) is 5.54 Å². The third-order valence-corrected chi connectivity index (χ3v) is 1.21. The summed E-state index contributed by atoms with van der Waals surface area (Å²) in [5.41, 5.74) is 5.58. The normalized spacial score (nSPS) is 24.3. The summed E-state index contributed by atoms with van der Waals surface area (Å²) in [6.07, 6.45) is 5.09. The molecule has 0 radical (unpaired) electrons. The Kier molecular flexibility index (Phi) is 0.549. The van der Waals surface area contributed by atoms with E-state index in [2.05, 4.69) is 6.92 Å². The highest BCUT2D eigenvalue weighted by Crippen LogP contribution is 2.22. The molecule has 0 aromatic carbocycles. The van der Waals surface area contributed by atoms with Crippen LogP contribution >= 0.6 is 0 Å². The van der Waals surface area contributed by atoms with Crippen molar-refractivity contribution in [2.75, 3.05) is 0 Å². The minimum atomic E-state index is 0.0417. The summed E-state index contributed by atoms with van der Waals surface area (Å²) in [6.45, 7) is 2.08. The molecule has 0 saturated heterocycles. The van der Waals surface area contributed by atoms with Crippen LogP contribution in [0, 0.1) is 0 Å². The van der Waals surface area contributed by atoms with Crippen molar-refractivity contribution < 1.29 is 0 Å². The van der Waals surface area contributed by atoms with Gasteiger partial charge in [0.2, 0.25) is 0 Å². The van der Waals surface area contributed by atoms with Gasteiger partial charge in [-0.25, -0.2) is 0 Å². The van der Waals surface area contributed by atoms with Gasteiger partial charge in [-0.2, -0.15) is 0 Å². The number of hydrogen-bond donors (Lipinski definition) is 1. The van der Waals surface area contributed by atoms with Crippen LogP contribution in [0.2, 0.25) is 0 Å². The summed E-state index contributed by atoms with van der Waals surface area (Å²) < 4.78 is 0. The van der Waals surface area contributed by atoms with Gasteiger partial charge >= 0.3 is 0 Å². The first-order chi connectivity index (χ1) is 2.77. The van der Waals surface area contributed by atoms with Gasteiger partial charge < -0.3 is 5.73 Å². The van der Waals surface area contributed by atoms with Gasteiger partial charge in [0.25, 0.3) is 0 Å². The molecule has 1 aliphatic rings. The van der Waals surface area contributed by atoms with Crippen molar-refractivity contribution in [1.82, 2.24) is 0 Å². The summed E-state index contributed by atoms with van der Waals surface area (Å²) in [7, 11) is 0. The third kappa shape index (κ3) is 0.455. The summed E-state index contributed by atoms with van der Waals surface area (Å²) in [4.78, 5) is 0. The maximum Gasteiger partial charge on any atom is 0.0523 e. The number of hydrogen-bond acceptors (Lipinski definition) is 1. The first-order valence-corrected chi connectivity index (χ1v) is 2.26.